The van der Waals surface area contributed by atoms with Gasteiger partial charge in [-0.25, -0.2) is 4.98 Å². The minimum absolute atomic E-state index is 0.466. The van der Waals surface area contributed by atoms with Gasteiger partial charge in [0, 0.05) is 13.6 Å². The van der Waals surface area contributed by atoms with Gasteiger partial charge in [-0.1, -0.05) is 6.42 Å². The van der Waals surface area contributed by atoms with E-state index < -0.39 is 0 Å². The lowest BCUT2D eigenvalue weighted by molar-refractivity contribution is 0.156. The third-order valence-electron chi connectivity index (χ3n) is 3.72. The van der Waals surface area contributed by atoms with Crippen molar-refractivity contribution in [1.82, 2.24) is 19.8 Å². The summed E-state index contributed by atoms with van der Waals surface area (Å²) in [6.07, 6.45) is 5.97. The molecule has 4 nitrogen and oxygen atoms in total. The highest BCUT2D eigenvalue weighted by Crippen LogP contribution is 2.25. The van der Waals surface area contributed by atoms with Gasteiger partial charge in [0.05, 0.1) is 23.8 Å². The summed E-state index contributed by atoms with van der Waals surface area (Å²) in [4.78, 5) is 7.02. The largest absolute Gasteiger partial charge is 0.336 e. The fraction of sp³-hybridized carbons (Fsp3) is 0.769. The van der Waals surface area contributed by atoms with Crippen LogP contribution in [0.1, 0.15) is 36.7 Å². The van der Waals surface area contributed by atoms with Crippen molar-refractivity contribution in [3.8, 4) is 0 Å². The van der Waals surface area contributed by atoms with Crippen molar-refractivity contribution in [3.63, 3.8) is 0 Å². The van der Waals surface area contributed by atoms with E-state index in [9.17, 15) is 0 Å². The number of nitrogens with one attached hydrogen (secondary N) is 1. The van der Waals surface area contributed by atoms with Crippen molar-refractivity contribution < 1.29 is 0 Å². The number of aromatic nitrogens is 2. The quantitative estimate of drug-likeness (QED) is 0.859. The molecule has 2 rings (SSSR count). The van der Waals surface area contributed by atoms with Gasteiger partial charge in [-0.3, -0.25) is 4.90 Å². The number of hydrogen-bond donors (Lipinski definition) is 1. The standard InChI is InChI=1S/C13H24N4/c1-11-13(16(3)10-15-11)12(9-14-2)17-7-5-4-6-8-17/h10,12,14H,4-9H2,1-3H3. The molecular formula is C13H24N4. The molecule has 4 heteroatoms. The van der Waals surface area contributed by atoms with Crippen molar-refractivity contribution in [1.29, 1.82) is 0 Å². The van der Waals surface area contributed by atoms with Gasteiger partial charge in [0.25, 0.3) is 0 Å². The molecule has 1 aromatic rings. The normalized spacial score (nSPS) is 19.5. The molecular weight excluding hydrogens is 212 g/mol. The van der Waals surface area contributed by atoms with Gasteiger partial charge in [-0.15, -0.1) is 0 Å². The third kappa shape index (κ3) is 2.69. The Kier molecular flexibility index (Phi) is 4.18. The summed E-state index contributed by atoms with van der Waals surface area (Å²) in [7, 11) is 4.13. The van der Waals surface area contributed by atoms with Gasteiger partial charge < -0.3 is 9.88 Å². The zero-order valence-electron chi connectivity index (χ0n) is 11.2. The SMILES string of the molecule is CNCC(c1c(C)ncn1C)N1CCCCC1. The van der Waals surface area contributed by atoms with Gasteiger partial charge in [0.15, 0.2) is 0 Å². The Morgan fingerprint density at radius 1 is 1.35 bits per heavy atom. The molecule has 1 atom stereocenters. The number of rotatable bonds is 4. The van der Waals surface area contributed by atoms with E-state index in [1.54, 1.807) is 0 Å². The number of nitrogens with zero attached hydrogens (tertiary/aromatic N) is 3. The molecule has 0 amide bonds. The Morgan fingerprint density at radius 2 is 2.06 bits per heavy atom. The molecule has 0 saturated carbocycles. The lowest BCUT2D eigenvalue weighted by atomic mass is 10.0. The van der Waals surface area contributed by atoms with Crippen LogP contribution < -0.4 is 5.32 Å². The third-order valence-corrected chi connectivity index (χ3v) is 3.72. The van der Waals surface area contributed by atoms with Crippen LogP contribution in [0, 0.1) is 6.92 Å². The molecule has 0 spiro atoms. The molecule has 17 heavy (non-hydrogen) atoms. The van der Waals surface area contributed by atoms with Crippen LogP contribution in [0.25, 0.3) is 0 Å². The summed E-state index contributed by atoms with van der Waals surface area (Å²) in [6, 6.07) is 0.466. The Hall–Kier alpha value is -0.870. The average molecular weight is 236 g/mol. The van der Waals surface area contributed by atoms with Crippen LogP contribution in [-0.2, 0) is 7.05 Å². The van der Waals surface area contributed by atoms with E-state index >= 15 is 0 Å². The molecule has 1 fully saturated rings. The van der Waals surface area contributed by atoms with Gasteiger partial charge in [-0.2, -0.15) is 0 Å². The Labute approximate surface area is 104 Å². The van der Waals surface area contributed by atoms with Gasteiger partial charge in [0.1, 0.15) is 0 Å². The van der Waals surface area contributed by atoms with Crippen LogP contribution in [0.4, 0.5) is 0 Å². The molecule has 1 N–H and O–H groups in total. The van der Waals surface area contributed by atoms with Gasteiger partial charge in [0.2, 0.25) is 0 Å². The highest BCUT2D eigenvalue weighted by molar-refractivity contribution is 5.16. The van der Waals surface area contributed by atoms with Crippen LogP contribution >= 0.6 is 0 Å². The van der Waals surface area contributed by atoms with E-state index in [1.807, 2.05) is 13.4 Å². The summed E-state index contributed by atoms with van der Waals surface area (Å²) in [5, 5.41) is 3.33. The fourth-order valence-corrected chi connectivity index (χ4v) is 2.86. The monoisotopic (exact) mass is 236 g/mol. The maximum Gasteiger partial charge on any atom is 0.0949 e. The van der Waals surface area contributed by atoms with E-state index in [4.69, 9.17) is 0 Å². The maximum atomic E-state index is 4.42. The number of imidazole rings is 1. The molecule has 1 aromatic heterocycles. The van der Waals surface area contributed by atoms with Crippen molar-refractivity contribution in [3.05, 3.63) is 17.7 Å². The molecule has 1 aliphatic rings. The lowest BCUT2D eigenvalue weighted by Gasteiger charge is -2.35. The first-order chi connectivity index (χ1) is 8.24. The van der Waals surface area contributed by atoms with Crippen molar-refractivity contribution in [2.45, 2.75) is 32.2 Å². The maximum absolute atomic E-state index is 4.42. The molecule has 0 bridgehead atoms. The highest BCUT2D eigenvalue weighted by atomic mass is 15.2. The second-order valence-corrected chi connectivity index (χ2v) is 5.00. The first-order valence-corrected chi connectivity index (χ1v) is 6.60. The van der Waals surface area contributed by atoms with E-state index in [0.29, 0.717) is 6.04 Å². The first-order valence-electron chi connectivity index (χ1n) is 6.60. The predicted octanol–water partition coefficient (Wildman–Crippen LogP) is 1.47. The second kappa shape index (κ2) is 5.65. The van der Waals surface area contributed by atoms with Crippen molar-refractivity contribution >= 4 is 0 Å². The van der Waals surface area contributed by atoms with E-state index in [2.05, 4.69) is 33.7 Å². The van der Waals surface area contributed by atoms with Crippen LogP contribution in [0.5, 0.6) is 0 Å². The highest BCUT2D eigenvalue weighted by Gasteiger charge is 2.25. The molecule has 0 radical (unpaired) electrons. The fourth-order valence-electron chi connectivity index (χ4n) is 2.86. The lowest BCUT2D eigenvalue weighted by Crippen LogP contribution is -2.39. The van der Waals surface area contributed by atoms with Crippen LogP contribution in [0.3, 0.4) is 0 Å². The Morgan fingerprint density at radius 3 is 2.59 bits per heavy atom. The number of aryl methyl sites for hydroxylation is 2. The average Bonchev–Trinajstić information content (AvgIpc) is 2.68. The number of piperidine rings is 1. The zero-order chi connectivity index (χ0) is 12.3. The van der Waals surface area contributed by atoms with E-state index in [-0.39, 0.29) is 0 Å². The van der Waals surface area contributed by atoms with Crippen LogP contribution in [0.15, 0.2) is 6.33 Å². The van der Waals surface area contributed by atoms with E-state index in [0.717, 1.165) is 6.54 Å². The second-order valence-electron chi connectivity index (χ2n) is 5.00. The Balaban J connectivity index is 2.21. The zero-order valence-corrected chi connectivity index (χ0v) is 11.2. The predicted molar refractivity (Wildman–Crippen MR) is 70.0 cm³/mol. The molecule has 96 valence electrons. The van der Waals surface area contributed by atoms with Crippen LogP contribution in [-0.4, -0.2) is 41.1 Å². The summed E-state index contributed by atoms with van der Waals surface area (Å²) >= 11 is 0. The minimum atomic E-state index is 0.466. The summed E-state index contributed by atoms with van der Waals surface area (Å²) in [6.45, 7) is 5.55. The summed E-state index contributed by atoms with van der Waals surface area (Å²) < 4.78 is 2.17. The Bertz CT molecular complexity index is 333. The van der Waals surface area contributed by atoms with Gasteiger partial charge in [-0.05, 0) is 39.9 Å². The first kappa shape index (κ1) is 12.6. The minimum Gasteiger partial charge on any atom is -0.336 e. The molecule has 0 aliphatic carbocycles. The van der Waals surface area contributed by atoms with Gasteiger partial charge >= 0.3 is 0 Å². The number of likely N-dealkylation sites (tertiary alicyclic amines) is 1. The molecule has 1 saturated heterocycles. The molecule has 1 unspecified atom stereocenters. The summed E-state index contributed by atoms with van der Waals surface area (Å²) in [5.74, 6) is 0. The van der Waals surface area contributed by atoms with E-state index in [1.165, 1.54) is 43.7 Å². The van der Waals surface area contributed by atoms with Crippen molar-refractivity contribution in [2.75, 3.05) is 26.7 Å². The van der Waals surface area contributed by atoms with Crippen LogP contribution in [0.2, 0.25) is 0 Å². The van der Waals surface area contributed by atoms with Crippen molar-refractivity contribution in [2.24, 2.45) is 7.05 Å². The number of likely N-dealkylation sites (N-methyl/N-ethyl adjacent to an activating group) is 1. The molecule has 2 heterocycles. The topological polar surface area (TPSA) is 33.1 Å². The summed E-state index contributed by atoms with van der Waals surface area (Å²) in [5.41, 5.74) is 2.53. The molecule has 1 aliphatic heterocycles. The molecule has 0 aromatic carbocycles. The number of hydrogen-bond acceptors (Lipinski definition) is 3. The smallest absolute Gasteiger partial charge is 0.0949 e.